The van der Waals surface area contributed by atoms with Gasteiger partial charge >= 0.3 is 0 Å². The van der Waals surface area contributed by atoms with Crippen molar-refractivity contribution >= 4 is 17.4 Å². The maximum atomic E-state index is 5.90. The van der Waals surface area contributed by atoms with Gasteiger partial charge in [-0.3, -0.25) is 4.68 Å². The van der Waals surface area contributed by atoms with Gasteiger partial charge in [-0.05, 0) is 12.5 Å². The molecule has 2 rings (SSSR count). The van der Waals surface area contributed by atoms with Gasteiger partial charge in [0, 0.05) is 25.5 Å². The number of anilines is 1. The molecule has 0 atom stereocenters. The van der Waals surface area contributed by atoms with Crippen LogP contribution in [0.15, 0.2) is 31.0 Å². The summed E-state index contributed by atoms with van der Waals surface area (Å²) in [6.07, 6.45) is 7.72. The number of nitrogens with one attached hydrogen (secondary N) is 1. The summed E-state index contributed by atoms with van der Waals surface area (Å²) in [5.74, 6) is 0.678. The largest absolute Gasteiger partial charge is 0.369 e. The smallest absolute Gasteiger partial charge is 0.148 e. The molecule has 0 saturated carbocycles. The number of hydrogen-bond donors (Lipinski definition) is 1. The number of aromatic nitrogens is 4. The Morgan fingerprint density at radius 1 is 1.44 bits per heavy atom. The zero-order valence-electron chi connectivity index (χ0n) is 8.67. The molecule has 0 amide bonds. The zero-order valence-corrected chi connectivity index (χ0v) is 9.43. The van der Waals surface area contributed by atoms with Crippen molar-refractivity contribution in [3.63, 3.8) is 0 Å². The topological polar surface area (TPSA) is 55.6 Å². The van der Waals surface area contributed by atoms with Crippen LogP contribution in [0.2, 0.25) is 5.02 Å². The van der Waals surface area contributed by atoms with Crippen LogP contribution in [0.25, 0.3) is 0 Å². The van der Waals surface area contributed by atoms with Gasteiger partial charge in [0.2, 0.25) is 0 Å². The Morgan fingerprint density at radius 2 is 2.38 bits per heavy atom. The summed E-state index contributed by atoms with van der Waals surface area (Å²) in [6.45, 7) is 1.68. The quantitative estimate of drug-likeness (QED) is 0.807. The Bertz CT molecular complexity index is 429. The van der Waals surface area contributed by atoms with E-state index in [4.69, 9.17) is 11.6 Å². The Hall–Kier alpha value is -1.62. The molecule has 0 aliphatic rings. The van der Waals surface area contributed by atoms with E-state index in [2.05, 4.69) is 20.4 Å². The number of aryl methyl sites for hydroxylation is 1. The van der Waals surface area contributed by atoms with Gasteiger partial charge in [-0.2, -0.15) is 5.10 Å². The van der Waals surface area contributed by atoms with Crippen molar-refractivity contribution in [3.8, 4) is 0 Å². The van der Waals surface area contributed by atoms with Gasteiger partial charge in [0.25, 0.3) is 0 Å². The van der Waals surface area contributed by atoms with Gasteiger partial charge in [-0.15, -0.1) is 0 Å². The minimum Gasteiger partial charge on any atom is -0.369 e. The van der Waals surface area contributed by atoms with E-state index in [1.165, 1.54) is 6.33 Å². The monoisotopic (exact) mass is 237 g/mol. The van der Waals surface area contributed by atoms with Crippen molar-refractivity contribution in [2.24, 2.45) is 0 Å². The molecular weight excluding hydrogens is 226 g/mol. The van der Waals surface area contributed by atoms with E-state index in [0.717, 1.165) is 19.5 Å². The molecule has 2 aromatic heterocycles. The fourth-order valence-electron chi connectivity index (χ4n) is 1.32. The summed E-state index contributed by atoms with van der Waals surface area (Å²) in [5.41, 5.74) is 0. The first-order chi connectivity index (χ1) is 7.86. The van der Waals surface area contributed by atoms with Crippen LogP contribution in [0.4, 0.5) is 5.82 Å². The summed E-state index contributed by atoms with van der Waals surface area (Å²) in [4.78, 5) is 7.85. The van der Waals surface area contributed by atoms with E-state index in [1.807, 2.05) is 16.9 Å². The van der Waals surface area contributed by atoms with Gasteiger partial charge in [0.1, 0.15) is 17.2 Å². The lowest BCUT2D eigenvalue weighted by atomic mass is 10.4. The normalized spacial score (nSPS) is 10.3. The van der Waals surface area contributed by atoms with E-state index < -0.39 is 0 Å². The third-order valence-electron chi connectivity index (χ3n) is 2.08. The van der Waals surface area contributed by atoms with Crippen molar-refractivity contribution in [1.82, 2.24) is 19.7 Å². The summed E-state index contributed by atoms with van der Waals surface area (Å²) in [5, 5.41) is 7.81. The molecule has 2 aromatic rings. The van der Waals surface area contributed by atoms with E-state index in [9.17, 15) is 0 Å². The van der Waals surface area contributed by atoms with Crippen LogP contribution >= 0.6 is 11.6 Å². The molecular formula is C10H12ClN5. The Balaban J connectivity index is 1.74. The fourth-order valence-corrected chi connectivity index (χ4v) is 1.50. The molecule has 0 aliphatic heterocycles. The second-order valence-electron chi connectivity index (χ2n) is 3.27. The molecule has 0 aromatic carbocycles. The summed E-state index contributed by atoms with van der Waals surface area (Å²) in [7, 11) is 0. The predicted octanol–water partition coefficient (Wildman–Crippen LogP) is 1.83. The van der Waals surface area contributed by atoms with E-state index >= 15 is 0 Å². The first kappa shape index (κ1) is 10.9. The summed E-state index contributed by atoms with van der Waals surface area (Å²) < 4.78 is 1.89. The molecule has 0 saturated heterocycles. The number of rotatable bonds is 5. The molecule has 0 bridgehead atoms. The van der Waals surface area contributed by atoms with Crippen molar-refractivity contribution in [2.75, 3.05) is 11.9 Å². The van der Waals surface area contributed by atoms with E-state index in [0.29, 0.717) is 10.8 Å². The van der Waals surface area contributed by atoms with Gasteiger partial charge in [-0.1, -0.05) is 11.6 Å². The van der Waals surface area contributed by atoms with Crippen molar-refractivity contribution in [1.29, 1.82) is 0 Å². The average Bonchev–Trinajstić information content (AvgIpc) is 2.79. The molecule has 0 fully saturated rings. The third kappa shape index (κ3) is 2.93. The van der Waals surface area contributed by atoms with Crippen LogP contribution in [-0.2, 0) is 6.54 Å². The molecule has 0 radical (unpaired) electrons. The van der Waals surface area contributed by atoms with Crippen LogP contribution < -0.4 is 5.32 Å². The van der Waals surface area contributed by atoms with Gasteiger partial charge < -0.3 is 5.32 Å². The average molecular weight is 238 g/mol. The molecule has 2 heterocycles. The molecule has 0 spiro atoms. The molecule has 1 N–H and O–H groups in total. The highest BCUT2D eigenvalue weighted by Crippen LogP contribution is 2.15. The molecule has 84 valence electrons. The first-order valence-corrected chi connectivity index (χ1v) is 5.41. The van der Waals surface area contributed by atoms with Crippen LogP contribution in [0, 0.1) is 0 Å². The summed E-state index contributed by atoms with van der Waals surface area (Å²) >= 11 is 5.90. The molecule has 0 aliphatic carbocycles. The molecule has 0 unspecified atom stereocenters. The van der Waals surface area contributed by atoms with Crippen LogP contribution in [0.1, 0.15) is 6.42 Å². The number of nitrogens with zero attached hydrogens (tertiary/aromatic N) is 4. The summed E-state index contributed by atoms with van der Waals surface area (Å²) in [6, 6.07) is 1.91. The lowest BCUT2D eigenvalue weighted by Gasteiger charge is -2.06. The minimum atomic E-state index is 0.543. The van der Waals surface area contributed by atoms with Gasteiger partial charge in [0.15, 0.2) is 0 Å². The van der Waals surface area contributed by atoms with Gasteiger partial charge in [0.05, 0.1) is 6.20 Å². The van der Waals surface area contributed by atoms with Crippen LogP contribution in [0.3, 0.4) is 0 Å². The zero-order chi connectivity index (χ0) is 11.2. The molecule has 5 nitrogen and oxygen atoms in total. The van der Waals surface area contributed by atoms with Gasteiger partial charge in [-0.25, -0.2) is 9.97 Å². The second kappa shape index (κ2) is 5.46. The van der Waals surface area contributed by atoms with E-state index in [1.54, 1.807) is 12.4 Å². The van der Waals surface area contributed by atoms with Crippen LogP contribution in [0.5, 0.6) is 0 Å². The van der Waals surface area contributed by atoms with E-state index in [-0.39, 0.29) is 0 Å². The Kier molecular flexibility index (Phi) is 3.71. The second-order valence-corrected chi connectivity index (χ2v) is 3.68. The maximum Gasteiger partial charge on any atom is 0.148 e. The molecule has 16 heavy (non-hydrogen) atoms. The first-order valence-electron chi connectivity index (χ1n) is 5.03. The Morgan fingerprint density at radius 3 is 3.12 bits per heavy atom. The minimum absolute atomic E-state index is 0.543. The lowest BCUT2D eigenvalue weighted by molar-refractivity contribution is 0.591. The van der Waals surface area contributed by atoms with Crippen molar-refractivity contribution < 1.29 is 0 Å². The Labute approximate surface area is 98.5 Å². The standard InChI is InChI=1S/C10H12ClN5/c11-9-7-12-8-14-10(9)13-3-1-5-16-6-2-4-15-16/h2,4,6-8H,1,3,5H2,(H,12,13,14). The van der Waals surface area contributed by atoms with Crippen molar-refractivity contribution in [2.45, 2.75) is 13.0 Å². The van der Waals surface area contributed by atoms with Crippen LogP contribution in [-0.4, -0.2) is 26.3 Å². The highest BCUT2D eigenvalue weighted by molar-refractivity contribution is 6.32. The SMILES string of the molecule is Clc1cncnc1NCCCn1cccn1. The highest BCUT2D eigenvalue weighted by Gasteiger charge is 1.99. The fraction of sp³-hybridized carbons (Fsp3) is 0.300. The predicted molar refractivity (Wildman–Crippen MR) is 62.4 cm³/mol. The molecule has 6 heteroatoms. The highest BCUT2D eigenvalue weighted by atomic mass is 35.5. The third-order valence-corrected chi connectivity index (χ3v) is 2.36. The maximum absolute atomic E-state index is 5.90. The number of halogens is 1. The number of hydrogen-bond acceptors (Lipinski definition) is 4. The van der Waals surface area contributed by atoms with Crippen molar-refractivity contribution in [3.05, 3.63) is 36.0 Å². The lowest BCUT2D eigenvalue weighted by Crippen LogP contribution is -2.08.